The first-order valence-electron chi connectivity index (χ1n) is 6.44. The molecule has 88 valence electrons. The van der Waals surface area contributed by atoms with Crippen molar-refractivity contribution in [1.82, 2.24) is 0 Å². The van der Waals surface area contributed by atoms with Crippen molar-refractivity contribution < 1.29 is 0 Å². The van der Waals surface area contributed by atoms with Crippen LogP contribution in [-0.2, 0) is 6.42 Å². The van der Waals surface area contributed by atoms with Gasteiger partial charge in [-0.25, -0.2) is 0 Å². The number of rotatable bonds is 2. The summed E-state index contributed by atoms with van der Waals surface area (Å²) in [7, 11) is 0. The van der Waals surface area contributed by atoms with Crippen LogP contribution in [0, 0.1) is 0 Å². The summed E-state index contributed by atoms with van der Waals surface area (Å²) in [5, 5.41) is 0. The summed E-state index contributed by atoms with van der Waals surface area (Å²) in [5.41, 5.74) is 5.62. The zero-order chi connectivity index (χ0) is 12.2. The molecule has 0 amide bonds. The van der Waals surface area contributed by atoms with Gasteiger partial charge in [0.05, 0.1) is 0 Å². The molecule has 2 aromatic rings. The SMILES string of the molecule is C(/C=C/c1ccccc1)=C1\CCc2ccccc21. The molecule has 0 heterocycles. The summed E-state index contributed by atoms with van der Waals surface area (Å²) in [4.78, 5) is 0. The maximum absolute atomic E-state index is 2.25. The highest BCUT2D eigenvalue weighted by Crippen LogP contribution is 2.31. The van der Waals surface area contributed by atoms with Crippen LogP contribution in [0.2, 0.25) is 0 Å². The zero-order valence-electron chi connectivity index (χ0n) is 10.3. The van der Waals surface area contributed by atoms with Gasteiger partial charge in [0.15, 0.2) is 0 Å². The lowest BCUT2D eigenvalue weighted by Crippen LogP contribution is -1.78. The minimum atomic E-state index is 1.17. The van der Waals surface area contributed by atoms with E-state index in [9.17, 15) is 0 Å². The second-order valence-corrected chi connectivity index (χ2v) is 4.62. The third kappa shape index (κ3) is 2.28. The van der Waals surface area contributed by atoms with Crippen molar-refractivity contribution in [1.29, 1.82) is 0 Å². The van der Waals surface area contributed by atoms with Gasteiger partial charge < -0.3 is 0 Å². The first-order valence-corrected chi connectivity index (χ1v) is 6.44. The lowest BCUT2D eigenvalue weighted by Gasteiger charge is -1.98. The maximum atomic E-state index is 2.25. The Labute approximate surface area is 108 Å². The van der Waals surface area contributed by atoms with E-state index in [1.165, 1.54) is 35.1 Å². The number of allylic oxidation sites excluding steroid dienone is 3. The average molecular weight is 232 g/mol. The number of hydrogen-bond acceptors (Lipinski definition) is 0. The summed E-state index contributed by atoms with van der Waals surface area (Å²) in [6.45, 7) is 0. The minimum Gasteiger partial charge on any atom is -0.0622 e. The molecule has 0 heteroatoms. The highest BCUT2D eigenvalue weighted by Gasteiger charge is 2.13. The molecule has 0 radical (unpaired) electrons. The average Bonchev–Trinajstić information content (AvgIpc) is 2.84. The summed E-state index contributed by atoms with van der Waals surface area (Å²) < 4.78 is 0. The normalized spacial score (nSPS) is 16.3. The fourth-order valence-electron chi connectivity index (χ4n) is 2.47. The molecule has 1 aliphatic rings. The van der Waals surface area contributed by atoms with Gasteiger partial charge in [-0.3, -0.25) is 0 Å². The van der Waals surface area contributed by atoms with Crippen LogP contribution in [0.4, 0.5) is 0 Å². The lowest BCUT2D eigenvalue weighted by molar-refractivity contribution is 1.08. The Morgan fingerprint density at radius 3 is 2.44 bits per heavy atom. The monoisotopic (exact) mass is 232 g/mol. The van der Waals surface area contributed by atoms with Gasteiger partial charge in [-0.15, -0.1) is 0 Å². The van der Waals surface area contributed by atoms with Crippen LogP contribution in [0.15, 0.2) is 66.7 Å². The largest absolute Gasteiger partial charge is 0.0622 e. The second kappa shape index (κ2) is 5.05. The van der Waals surface area contributed by atoms with E-state index in [1.807, 2.05) is 6.07 Å². The smallest absolute Gasteiger partial charge is 0.0192 e. The van der Waals surface area contributed by atoms with Crippen LogP contribution >= 0.6 is 0 Å². The zero-order valence-corrected chi connectivity index (χ0v) is 10.3. The predicted octanol–water partition coefficient (Wildman–Crippen LogP) is 4.73. The van der Waals surface area contributed by atoms with Gasteiger partial charge >= 0.3 is 0 Å². The van der Waals surface area contributed by atoms with Crippen LogP contribution < -0.4 is 0 Å². The van der Waals surface area contributed by atoms with Crippen LogP contribution in [0.25, 0.3) is 11.6 Å². The minimum absolute atomic E-state index is 1.17. The maximum Gasteiger partial charge on any atom is -0.0192 e. The standard InChI is InChI=1S/C18H16/c1-2-7-15(8-3-1)9-6-11-17-14-13-16-10-4-5-12-18(16)17/h1-12H,13-14H2/b9-6+,17-11-. The molecule has 0 saturated carbocycles. The van der Waals surface area contributed by atoms with Gasteiger partial charge in [0.2, 0.25) is 0 Å². The third-order valence-electron chi connectivity index (χ3n) is 3.41. The number of benzene rings is 2. The molecule has 0 bridgehead atoms. The van der Waals surface area contributed by atoms with Gasteiger partial charge in [-0.2, -0.15) is 0 Å². The molecule has 2 aromatic carbocycles. The molecule has 0 nitrogen and oxygen atoms in total. The van der Waals surface area contributed by atoms with E-state index in [0.29, 0.717) is 0 Å². The highest BCUT2D eigenvalue weighted by molar-refractivity contribution is 5.74. The summed E-state index contributed by atoms with van der Waals surface area (Å²) in [6, 6.07) is 19.1. The summed E-state index contributed by atoms with van der Waals surface area (Å²) >= 11 is 0. The summed E-state index contributed by atoms with van der Waals surface area (Å²) in [6.07, 6.45) is 8.92. The molecule has 0 N–H and O–H groups in total. The van der Waals surface area contributed by atoms with E-state index in [0.717, 1.165) is 0 Å². The Morgan fingerprint density at radius 1 is 0.778 bits per heavy atom. The number of hydrogen-bond donors (Lipinski definition) is 0. The molecule has 0 atom stereocenters. The van der Waals surface area contributed by atoms with Crippen molar-refractivity contribution >= 4 is 11.6 Å². The van der Waals surface area contributed by atoms with Crippen LogP contribution in [-0.4, -0.2) is 0 Å². The predicted molar refractivity (Wildman–Crippen MR) is 78.2 cm³/mol. The van der Waals surface area contributed by atoms with Gasteiger partial charge in [0.1, 0.15) is 0 Å². The number of fused-ring (bicyclic) bond motifs is 1. The van der Waals surface area contributed by atoms with Gasteiger partial charge in [0.25, 0.3) is 0 Å². The Balaban J connectivity index is 1.81. The molecule has 3 rings (SSSR count). The molecule has 0 saturated heterocycles. The van der Waals surface area contributed by atoms with Crippen LogP contribution in [0.5, 0.6) is 0 Å². The van der Waals surface area contributed by atoms with Gasteiger partial charge in [-0.1, -0.05) is 72.8 Å². The Hall–Kier alpha value is -2.08. The Morgan fingerprint density at radius 2 is 1.56 bits per heavy atom. The molecule has 0 spiro atoms. The molecular weight excluding hydrogens is 216 g/mol. The van der Waals surface area contributed by atoms with Crippen molar-refractivity contribution in [3.8, 4) is 0 Å². The Kier molecular flexibility index (Phi) is 3.10. The highest BCUT2D eigenvalue weighted by atomic mass is 14.2. The molecule has 18 heavy (non-hydrogen) atoms. The summed E-state index contributed by atoms with van der Waals surface area (Å²) in [5.74, 6) is 0. The fraction of sp³-hybridized carbons (Fsp3) is 0.111. The van der Waals surface area contributed by atoms with Crippen molar-refractivity contribution in [2.75, 3.05) is 0 Å². The topological polar surface area (TPSA) is 0 Å². The second-order valence-electron chi connectivity index (χ2n) is 4.62. The van der Waals surface area contributed by atoms with Crippen molar-refractivity contribution in [3.63, 3.8) is 0 Å². The molecule has 0 fully saturated rings. The van der Waals surface area contributed by atoms with E-state index < -0.39 is 0 Å². The van der Waals surface area contributed by atoms with E-state index >= 15 is 0 Å². The van der Waals surface area contributed by atoms with Crippen molar-refractivity contribution in [2.45, 2.75) is 12.8 Å². The first kappa shape index (κ1) is 11.0. The molecule has 0 unspecified atom stereocenters. The molecule has 0 aliphatic heterocycles. The van der Waals surface area contributed by atoms with Crippen LogP contribution in [0.3, 0.4) is 0 Å². The first-order chi connectivity index (χ1) is 8.93. The lowest BCUT2D eigenvalue weighted by atomic mass is 10.1. The van der Waals surface area contributed by atoms with E-state index in [4.69, 9.17) is 0 Å². The quantitative estimate of drug-likeness (QED) is 0.702. The van der Waals surface area contributed by atoms with Crippen molar-refractivity contribution in [2.24, 2.45) is 0 Å². The molecule has 1 aliphatic carbocycles. The third-order valence-corrected chi connectivity index (χ3v) is 3.41. The van der Waals surface area contributed by atoms with E-state index in [1.54, 1.807) is 0 Å². The Bertz CT molecular complexity index is 588. The van der Waals surface area contributed by atoms with Crippen LogP contribution in [0.1, 0.15) is 23.1 Å². The van der Waals surface area contributed by atoms with Gasteiger partial charge in [0, 0.05) is 0 Å². The van der Waals surface area contributed by atoms with Gasteiger partial charge in [-0.05, 0) is 35.1 Å². The number of aryl methyl sites for hydroxylation is 1. The molecule has 0 aromatic heterocycles. The fourth-order valence-corrected chi connectivity index (χ4v) is 2.47. The van der Waals surface area contributed by atoms with Crippen molar-refractivity contribution in [3.05, 3.63) is 83.4 Å². The van der Waals surface area contributed by atoms with E-state index in [2.05, 4.69) is 66.8 Å². The van der Waals surface area contributed by atoms with E-state index in [-0.39, 0.29) is 0 Å². The molecular formula is C18H16.